The van der Waals surface area contributed by atoms with Crippen molar-refractivity contribution in [2.75, 3.05) is 0 Å². The predicted octanol–water partition coefficient (Wildman–Crippen LogP) is 7.76. The van der Waals surface area contributed by atoms with E-state index in [0.29, 0.717) is 17.0 Å². The highest BCUT2D eigenvalue weighted by molar-refractivity contribution is 6.31. The zero-order valence-corrected chi connectivity index (χ0v) is 19.8. The third kappa shape index (κ3) is 4.20. The van der Waals surface area contributed by atoms with Crippen LogP contribution in [0.15, 0.2) is 96.6 Å². The number of carbonyl (C=O) groups is 1. The number of benzene rings is 3. The van der Waals surface area contributed by atoms with Crippen molar-refractivity contribution in [1.82, 2.24) is 4.57 Å². The number of carboxylic acids is 1. The topological polar surface area (TPSA) is 42.2 Å². The molecule has 0 bridgehead atoms. The van der Waals surface area contributed by atoms with Gasteiger partial charge < -0.3 is 9.67 Å². The molecule has 0 amide bonds. The van der Waals surface area contributed by atoms with Gasteiger partial charge >= 0.3 is 5.97 Å². The Morgan fingerprint density at radius 1 is 1.03 bits per heavy atom. The average molecular weight is 468 g/mol. The SMILES string of the molecule is Cc1c(Cc2ccc(C(=O)O)cc2)c2cc(Cl)ccc2n1C(C1=CCCC=C1)c1ccccc1. The smallest absolute Gasteiger partial charge is 0.335 e. The van der Waals surface area contributed by atoms with Gasteiger partial charge in [0.15, 0.2) is 0 Å². The van der Waals surface area contributed by atoms with E-state index in [1.54, 1.807) is 12.1 Å². The summed E-state index contributed by atoms with van der Waals surface area (Å²) in [5, 5.41) is 11.1. The van der Waals surface area contributed by atoms with Gasteiger partial charge in [-0.25, -0.2) is 4.79 Å². The van der Waals surface area contributed by atoms with Crippen LogP contribution in [0.3, 0.4) is 0 Å². The molecule has 1 aliphatic carbocycles. The molecule has 0 saturated carbocycles. The number of hydrogen-bond acceptors (Lipinski definition) is 1. The minimum absolute atomic E-state index is 0.0598. The molecule has 0 aliphatic heterocycles. The summed E-state index contributed by atoms with van der Waals surface area (Å²) >= 11 is 6.46. The van der Waals surface area contributed by atoms with Gasteiger partial charge in [0.2, 0.25) is 0 Å². The number of rotatable bonds is 6. The summed E-state index contributed by atoms with van der Waals surface area (Å²) in [7, 11) is 0. The summed E-state index contributed by atoms with van der Waals surface area (Å²) in [6.45, 7) is 2.18. The van der Waals surface area contributed by atoms with E-state index in [4.69, 9.17) is 11.6 Å². The number of aromatic carboxylic acids is 1. The summed E-state index contributed by atoms with van der Waals surface area (Å²) in [5.41, 5.74) is 7.45. The van der Waals surface area contributed by atoms with Crippen molar-refractivity contribution in [1.29, 1.82) is 0 Å². The molecule has 4 aromatic rings. The molecule has 1 N–H and O–H groups in total. The molecule has 0 fully saturated rings. The fourth-order valence-electron chi connectivity index (χ4n) is 4.97. The second-order valence-corrected chi connectivity index (χ2v) is 9.21. The first-order valence-corrected chi connectivity index (χ1v) is 11.9. The molecule has 1 atom stereocenters. The molecular weight excluding hydrogens is 442 g/mol. The number of aromatic nitrogens is 1. The number of halogens is 1. The molecule has 1 aliphatic rings. The summed E-state index contributed by atoms with van der Waals surface area (Å²) < 4.78 is 2.43. The maximum atomic E-state index is 11.3. The lowest BCUT2D eigenvalue weighted by Gasteiger charge is -2.25. The third-order valence-corrected chi connectivity index (χ3v) is 6.87. The summed E-state index contributed by atoms with van der Waals surface area (Å²) in [5.74, 6) is -0.911. The highest BCUT2D eigenvalue weighted by atomic mass is 35.5. The lowest BCUT2D eigenvalue weighted by molar-refractivity contribution is 0.0697. The van der Waals surface area contributed by atoms with Gasteiger partial charge in [0, 0.05) is 21.6 Å². The van der Waals surface area contributed by atoms with Crippen molar-refractivity contribution >= 4 is 28.5 Å². The van der Waals surface area contributed by atoms with Crippen molar-refractivity contribution in [2.24, 2.45) is 0 Å². The predicted molar refractivity (Wildman–Crippen MR) is 139 cm³/mol. The van der Waals surface area contributed by atoms with E-state index in [1.807, 2.05) is 18.2 Å². The number of nitrogens with zero attached hydrogens (tertiary/aromatic N) is 1. The van der Waals surface area contributed by atoms with Crippen LogP contribution in [0.4, 0.5) is 0 Å². The average Bonchev–Trinajstić information content (AvgIpc) is 3.12. The Morgan fingerprint density at radius 2 is 1.79 bits per heavy atom. The highest BCUT2D eigenvalue weighted by Crippen LogP contribution is 2.38. The van der Waals surface area contributed by atoms with Crippen molar-refractivity contribution < 1.29 is 9.90 Å². The van der Waals surface area contributed by atoms with Crippen LogP contribution in [0.2, 0.25) is 5.02 Å². The lowest BCUT2D eigenvalue weighted by atomic mass is 9.93. The van der Waals surface area contributed by atoms with E-state index < -0.39 is 5.97 Å². The first kappa shape index (κ1) is 22.2. The maximum Gasteiger partial charge on any atom is 0.335 e. The highest BCUT2D eigenvalue weighted by Gasteiger charge is 2.24. The summed E-state index contributed by atoms with van der Waals surface area (Å²) in [6, 6.07) is 24.0. The number of hydrogen-bond donors (Lipinski definition) is 1. The van der Waals surface area contributed by atoms with E-state index in [1.165, 1.54) is 22.4 Å². The largest absolute Gasteiger partial charge is 0.478 e. The molecule has 34 heavy (non-hydrogen) atoms. The minimum Gasteiger partial charge on any atom is -0.478 e. The van der Waals surface area contributed by atoms with Crippen molar-refractivity contribution in [3.8, 4) is 0 Å². The molecule has 1 aromatic heterocycles. The van der Waals surface area contributed by atoms with E-state index in [9.17, 15) is 9.90 Å². The first-order valence-electron chi connectivity index (χ1n) is 11.6. The Hall–Kier alpha value is -3.56. The van der Waals surface area contributed by atoms with Gasteiger partial charge in [-0.3, -0.25) is 0 Å². The van der Waals surface area contributed by atoms with Crippen molar-refractivity contribution in [3.63, 3.8) is 0 Å². The van der Waals surface area contributed by atoms with Crippen LogP contribution in [0.5, 0.6) is 0 Å². The first-order chi connectivity index (χ1) is 16.5. The van der Waals surface area contributed by atoms with E-state index in [-0.39, 0.29) is 6.04 Å². The third-order valence-electron chi connectivity index (χ3n) is 6.64. The summed E-state index contributed by atoms with van der Waals surface area (Å²) in [6.07, 6.45) is 9.68. The van der Waals surface area contributed by atoms with Gasteiger partial charge in [0.25, 0.3) is 0 Å². The standard InChI is InChI=1S/C30H26ClNO2/c1-20-26(18-21-12-14-24(15-13-21)30(33)34)27-19-25(31)16-17-28(27)32(20)29(22-8-4-2-5-9-22)23-10-6-3-7-11-23/h2,4-6,8-17,19,29H,3,7,18H2,1H3,(H,33,34). The van der Waals surface area contributed by atoms with Crippen LogP contribution < -0.4 is 0 Å². The molecule has 0 radical (unpaired) electrons. The van der Waals surface area contributed by atoms with Gasteiger partial charge in [0.05, 0.1) is 11.6 Å². The second kappa shape index (κ2) is 9.36. The molecule has 170 valence electrons. The monoisotopic (exact) mass is 467 g/mol. The Labute approximate surface area is 204 Å². The molecule has 3 nitrogen and oxygen atoms in total. The fourth-order valence-corrected chi connectivity index (χ4v) is 5.14. The molecule has 1 heterocycles. The van der Waals surface area contributed by atoms with Gasteiger partial charge in [-0.05, 0) is 78.8 Å². The van der Waals surface area contributed by atoms with E-state index >= 15 is 0 Å². The van der Waals surface area contributed by atoms with E-state index in [2.05, 4.69) is 72.2 Å². The molecule has 5 rings (SSSR count). The molecule has 3 aromatic carbocycles. The Morgan fingerprint density at radius 3 is 2.47 bits per heavy atom. The molecular formula is C30H26ClNO2. The number of fused-ring (bicyclic) bond motifs is 1. The second-order valence-electron chi connectivity index (χ2n) is 8.77. The molecule has 0 saturated heterocycles. The van der Waals surface area contributed by atoms with Crippen LogP contribution in [0.1, 0.15) is 51.6 Å². The molecule has 4 heteroatoms. The van der Waals surface area contributed by atoms with Gasteiger partial charge in [-0.1, -0.05) is 72.3 Å². The van der Waals surface area contributed by atoms with Crippen LogP contribution in [-0.4, -0.2) is 15.6 Å². The van der Waals surface area contributed by atoms with Gasteiger partial charge in [-0.15, -0.1) is 0 Å². The van der Waals surface area contributed by atoms with Crippen LogP contribution >= 0.6 is 11.6 Å². The van der Waals surface area contributed by atoms with Crippen molar-refractivity contribution in [2.45, 2.75) is 32.2 Å². The normalized spacial score (nSPS) is 14.2. The minimum atomic E-state index is -0.911. The maximum absolute atomic E-state index is 11.3. The fraction of sp³-hybridized carbons (Fsp3) is 0.167. The van der Waals surface area contributed by atoms with Crippen molar-refractivity contribution in [3.05, 3.63) is 130 Å². The Balaban J connectivity index is 1.69. The number of allylic oxidation sites excluding steroid dienone is 4. The molecule has 1 unspecified atom stereocenters. The lowest BCUT2D eigenvalue weighted by Crippen LogP contribution is -2.15. The zero-order valence-electron chi connectivity index (χ0n) is 19.0. The quantitative estimate of drug-likeness (QED) is 0.315. The van der Waals surface area contributed by atoms with Crippen LogP contribution in [0, 0.1) is 6.92 Å². The van der Waals surface area contributed by atoms with Gasteiger partial charge in [-0.2, -0.15) is 0 Å². The Bertz CT molecular complexity index is 1410. The molecule has 0 spiro atoms. The van der Waals surface area contributed by atoms with E-state index in [0.717, 1.165) is 29.3 Å². The summed E-state index contributed by atoms with van der Waals surface area (Å²) in [4.78, 5) is 11.3. The van der Waals surface area contributed by atoms with Crippen LogP contribution in [-0.2, 0) is 6.42 Å². The number of carboxylic acid groups (broad SMARTS) is 1. The van der Waals surface area contributed by atoms with Crippen LogP contribution in [0.25, 0.3) is 10.9 Å². The zero-order chi connectivity index (χ0) is 23.7. The Kier molecular flexibility index (Phi) is 6.12. The van der Waals surface area contributed by atoms with Gasteiger partial charge in [0.1, 0.15) is 0 Å².